The largest absolute Gasteiger partial charge is 0.346 e. The minimum Gasteiger partial charge on any atom is -0.346 e. The van der Waals surface area contributed by atoms with E-state index in [-0.39, 0.29) is 34.0 Å². The van der Waals surface area contributed by atoms with E-state index >= 15 is 0 Å². The van der Waals surface area contributed by atoms with Crippen LogP contribution in [0.4, 0.5) is 0 Å². The van der Waals surface area contributed by atoms with E-state index in [0.717, 1.165) is 25.7 Å². The number of amides is 1. The fraction of sp³-hybridized carbons (Fsp3) is 0.786. The molecule has 0 saturated heterocycles. The van der Waals surface area contributed by atoms with Crippen molar-refractivity contribution < 1.29 is 14.4 Å². The van der Waals surface area contributed by atoms with Crippen molar-refractivity contribution in [2.75, 3.05) is 0 Å². The van der Waals surface area contributed by atoms with Gasteiger partial charge in [0.15, 0.2) is 10.9 Å². The predicted molar refractivity (Wildman–Crippen MR) is 76.9 cm³/mol. The van der Waals surface area contributed by atoms with Crippen molar-refractivity contribution in [3.63, 3.8) is 0 Å². The van der Waals surface area contributed by atoms with Gasteiger partial charge in [0.2, 0.25) is 5.91 Å². The van der Waals surface area contributed by atoms with Gasteiger partial charge in [0, 0.05) is 18.1 Å². The highest BCUT2D eigenvalue weighted by Gasteiger charge is 2.32. The second-order valence-corrected chi connectivity index (χ2v) is 6.68. The van der Waals surface area contributed by atoms with Crippen LogP contribution in [0.3, 0.4) is 0 Å². The number of carbonyl (C=O) groups is 3. The third kappa shape index (κ3) is 5.35. The summed E-state index contributed by atoms with van der Waals surface area (Å²) in [7, 11) is 0. The Kier molecular flexibility index (Phi) is 6.55. The van der Waals surface area contributed by atoms with Crippen LogP contribution < -0.4 is 5.32 Å². The van der Waals surface area contributed by atoms with Crippen molar-refractivity contribution in [1.82, 2.24) is 5.32 Å². The van der Waals surface area contributed by atoms with E-state index in [1.165, 1.54) is 18.7 Å². The molecule has 0 aromatic heterocycles. The molecule has 19 heavy (non-hydrogen) atoms. The lowest BCUT2D eigenvalue weighted by atomic mass is 10.0. The third-order valence-corrected chi connectivity index (χ3v) is 4.57. The van der Waals surface area contributed by atoms with Crippen LogP contribution >= 0.6 is 11.8 Å². The number of hydrogen-bond acceptors (Lipinski definition) is 4. The molecule has 0 radical (unpaired) electrons. The van der Waals surface area contributed by atoms with Gasteiger partial charge in [0.1, 0.15) is 0 Å². The summed E-state index contributed by atoms with van der Waals surface area (Å²) in [6, 6.07) is -0.350. The van der Waals surface area contributed by atoms with Gasteiger partial charge < -0.3 is 5.32 Å². The van der Waals surface area contributed by atoms with Gasteiger partial charge in [-0.25, -0.2) is 0 Å². The molecule has 2 unspecified atom stereocenters. The van der Waals surface area contributed by atoms with Crippen LogP contribution in [0.1, 0.15) is 52.9 Å². The summed E-state index contributed by atoms with van der Waals surface area (Å²) in [4.78, 5) is 34.6. The van der Waals surface area contributed by atoms with Crippen LogP contribution in [0.2, 0.25) is 0 Å². The molecule has 3 atom stereocenters. The van der Waals surface area contributed by atoms with Gasteiger partial charge in [-0.1, -0.05) is 25.1 Å². The second kappa shape index (κ2) is 7.68. The topological polar surface area (TPSA) is 63.2 Å². The standard InChI is InChI=1S/C14H23NO3S/c1-4-5-13(9(2)16)15-14(18)11-6-7-12(8-11)19-10(3)17/h11-13H,4-8H2,1-3H3,(H,15,18)/t11?,12?,13-/m0/s1. The molecule has 0 aliphatic heterocycles. The highest BCUT2D eigenvalue weighted by molar-refractivity contribution is 8.14. The Hall–Kier alpha value is -0.840. The van der Waals surface area contributed by atoms with Crippen LogP contribution in [-0.2, 0) is 14.4 Å². The summed E-state index contributed by atoms with van der Waals surface area (Å²) in [5.74, 6) is -0.0567. The van der Waals surface area contributed by atoms with Crippen LogP contribution in [0, 0.1) is 5.92 Å². The van der Waals surface area contributed by atoms with E-state index in [9.17, 15) is 14.4 Å². The summed E-state index contributed by atoms with van der Waals surface area (Å²) in [5.41, 5.74) is 0. The van der Waals surface area contributed by atoms with Crippen molar-refractivity contribution in [3.05, 3.63) is 0 Å². The Morgan fingerprint density at radius 1 is 1.26 bits per heavy atom. The van der Waals surface area contributed by atoms with E-state index < -0.39 is 0 Å². The molecule has 5 heteroatoms. The molecule has 0 aromatic carbocycles. The van der Waals surface area contributed by atoms with E-state index in [1.807, 2.05) is 6.92 Å². The summed E-state index contributed by atoms with van der Waals surface area (Å²) < 4.78 is 0. The molecule has 0 spiro atoms. The average Bonchev–Trinajstić information content (AvgIpc) is 2.75. The lowest BCUT2D eigenvalue weighted by molar-refractivity contribution is -0.129. The number of thioether (sulfide) groups is 1. The van der Waals surface area contributed by atoms with Crippen LogP contribution in [-0.4, -0.2) is 28.1 Å². The van der Waals surface area contributed by atoms with Crippen molar-refractivity contribution >= 4 is 28.6 Å². The first-order valence-corrected chi connectivity index (χ1v) is 7.80. The molecule has 0 heterocycles. The van der Waals surface area contributed by atoms with Crippen LogP contribution in [0.25, 0.3) is 0 Å². The molecule has 4 nitrogen and oxygen atoms in total. The molecular formula is C14H23NO3S. The first-order valence-electron chi connectivity index (χ1n) is 6.92. The lowest BCUT2D eigenvalue weighted by Gasteiger charge is -2.18. The maximum atomic E-state index is 12.1. The summed E-state index contributed by atoms with van der Waals surface area (Å²) >= 11 is 1.33. The lowest BCUT2D eigenvalue weighted by Crippen LogP contribution is -2.42. The minimum absolute atomic E-state index is 0.0165. The highest BCUT2D eigenvalue weighted by Crippen LogP contribution is 2.34. The molecule has 1 aliphatic rings. The monoisotopic (exact) mass is 285 g/mol. The predicted octanol–water partition coefficient (Wildman–Crippen LogP) is 2.31. The molecule has 1 N–H and O–H groups in total. The van der Waals surface area contributed by atoms with Crippen LogP contribution in [0.5, 0.6) is 0 Å². The number of ketones is 1. The zero-order chi connectivity index (χ0) is 14.4. The number of nitrogens with one attached hydrogen (secondary N) is 1. The molecule has 1 rings (SSSR count). The minimum atomic E-state index is -0.350. The summed E-state index contributed by atoms with van der Waals surface area (Å²) in [5, 5.41) is 3.22. The van der Waals surface area contributed by atoms with E-state index in [1.54, 1.807) is 6.92 Å². The number of Topliss-reactive ketones (excluding diaryl/α,β-unsaturated/α-hetero) is 1. The van der Waals surface area contributed by atoms with Gasteiger partial charge >= 0.3 is 0 Å². The van der Waals surface area contributed by atoms with Gasteiger partial charge in [-0.2, -0.15) is 0 Å². The molecule has 0 aromatic rings. The fourth-order valence-corrected chi connectivity index (χ4v) is 3.53. The van der Waals surface area contributed by atoms with Gasteiger partial charge in [-0.3, -0.25) is 14.4 Å². The first kappa shape index (κ1) is 16.2. The molecule has 1 fully saturated rings. The molecule has 108 valence electrons. The van der Waals surface area contributed by atoms with Crippen molar-refractivity contribution in [2.45, 2.75) is 64.2 Å². The third-order valence-electron chi connectivity index (χ3n) is 3.47. The highest BCUT2D eigenvalue weighted by atomic mass is 32.2. The smallest absolute Gasteiger partial charge is 0.223 e. The second-order valence-electron chi connectivity index (χ2n) is 5.20. The summed E-state index contributed by atoms with van der Waals surface area (Å²) in [6.45, 7) is 5.08. The molecule has 1 saturated carbocycles. The van der Waals surface area contributed by atoms with E-state index in [4.69, 9.17) is 0 Å². The van der Waals surface area contributed by atoms with Crippen molar-refractivity contribution in [3.8, 4) is 0 Å². The van der Waals surface area contributed by atoms with E-state index in [0.29, 0.717) is 6.42 Å². The van der Waals surface area contributed by atoms with E-state index in [2.05, 4.69) is 5.32 Å². The first-order chi connectivity index (χ1) is 8.93. The zero-order valence-corrected chi connectivity index (χ0v) is 12.7. The summed E-state index contributed by atoms with van der Waals surface area (Å²) in [6.07, 6.45) is 4.03. The number of hydrogen-bond donors (Lipinski definition) is 1. The van der Waals surface area contributed by atoms with Crippen LogP contribution in [0.15, 0.2) is 0 Å². The Morgan fingerprint density at radius 2 is 1.95 bits per heavy atom. The Labute approximate surface area is 119 Å². The zero-order valence-electron chi connectivity index (χ0n) is 11.9. The average molecular weight is 285 g/mol. The van der Waals surface area contributed by atoms with Crippen molar-refractivity contribution in [2.24, 2.45) is 5.92 Å². The number of rotatable bonds is 6. The SMILES string of the molecule is CCC[C@H](NC(=O)C1CCC(SC(C)=O)C1)C(C)=O. The van der Waals surface area contributed by atoms with Gasteiger partial charge in [0.05, 0.1) is 6.04 Å². The van der Waals surface area contributed by atoms with Crippen molar-refractivity contribution in [1.29, 1.82) is 0 Å². The Balaban J connectivity index is 2.46. The normalized spacial score (nSPS) is 23.9. The Morgan fingerprint density at radius 3 is 2.47 bits per heavy atom. The van der Waals surface area contributed by atoms with Gasteiger partial charge in [0.25, 0.3) is 0 Å². The maximum Gasteiger partial charge on any atom is 0.223 e. The molecule has 1 aliphatic carbocycles. The Bertz CT molecular complexity index is 357. The van der Waals surface area contributed by atoms with Gasteiger partial charge in [-0.05, 0) is 32.6 Å². The quantitative estimate of drug-likeness (QED) is 0.813. The number of carbonyl (C=O) groups excluding carboxylic acids is 3. The fourth-order valence-electron chi connectivity index (χ4n) is 2.48. The molecule has 1 amide bonds. The maximum absolute atomic E-state index is 12.1. The molecule has 0 bridgehead atoms. The van der Waals surface area contributed by atoms with Gasteiger partial charge in [-0.15, -0.1) is 0 Å². The molecular weight excluding hydrogens is 262 g/mol.